The van der Waals surface area contributed by atoms with Crippen LogP contribution < -0.4 is 21.7 Å². The van der Waals surface area contributed by atoms with E-state index in [1.165, 1.54) is 6.08 Å². The highest BCUT2D eigenvalue weighted by molar-refractivity contribution is 6.66. The topological polar surface area (TPSA) is 148 Å². The average molecular weight is 922 g/mol. The van der Waals surface area contributed by atoms with Gasteiger partial charge in [-0.15, -0.1) is 0 Å². The summed E-state index contributed by atoms with van der Waals surface area (Å²) < 4.78 is 0. The van der Waals surface area contributed by atoms with Crippen molar-refractivity contribution in [3.05, 3.63) is 232 Å². The quantitative estimate of drug-likeness (QED) is 0.0565. The van der Waals surface area contributed by atoms with Crippen molar-refractivity contribution in [3.8, 4) is 44.5 Å². The molecule has 69 heavy (non-hydrogen) atoms. The van der Waals surface area contributed by atoms with Crippen LogP contribution in [0.4, 0.5) is 34.6 Å². The molecule has 10 aromatic rings. The van der Waals surface area contributed by atoms with Crippen molar-refractivity contribution in [2.45, 2.75) is 0 Å². The molecule has 0 aliphatic rings. The van der Waals surface area contributed by atoms with Crippen LogP contribution in [0.3, 0.4) is 0 Å². The molecule has 336 valence electrons. The first-order valence-corrected chi connectivity index (χ1v) is 22.2. The summed E-state index contributed by atoms with van der Waals surface area (Å²) in [6, 6.07) is 64.5. The van der Waals surface area contributed by atoms with Crippen LogP contribution in [0.5, 0.6) is 0 Å². The molecular weight excluding hydrogens is 876 g/mol. The Hall–Kier alpha value is -9.25. The zero-order valence-corrected chi connectivity index (χ0v) is 38.0. The van der Waals surface area contributed by atoms with Crippen molar-refractivity contribution in [3.63, 3.8) is 0 Å². The number of benzene rings is 8. The van der Waals surface area contributed by atoms with Gasteiger partial charge in [0.2, 0.25) is 23.0 Å². The molecule has 0 saturated carbocycles. The lowest BCUT2D eigenvalue weighted by molar-refractivity contribution is -0.112. The number of carbonyl (C=O) groups is 2. The normalized spacial score (nSPS) is 10.4. The van der Waals surface area contributed by atoms with Crippen LogP contribution in [-0.4, -0.2) is 31.1 Å². The molecule has 2 aromatic heterocycles. The van der Waals surface area contributed by atoms with E-state index >= 15 is 0 Å². The molecule has 10 nitrogen and oxygen atoms in total. The SMILES string of the molecule is C=CC(=O)Cl.C=CC(=O)Nc1cccc(-c2cc(-c3ccccc3)cc3cnc(Nc4ccccc4)nc23)c1.Nc1cccc(-c2cc(-c3ccccc3)cc3cnc(Nc4ccccc4)nc23)c1. The molecule has 5 N–H and O–H groups in total. The minimum Gasteiger partial charge on any atom is -0.399 e. The first-order chi connectivity index (χ1) is 33.7. The number of hydrogen-bond donors (Lipinski definition) is 4. The van der Waals surface area contributed by atoms with Crippen LogP contribution in [-0.2, 0) is 9.59 Å². The molecule has 0 aliphatic carbocycles. The lowest BCUT2D eigenvalue weighted by atomic mass is 9.96. The number of amides is 1. The molecule has 8 aromatic carbocycles. The average Bonchev–Trinajstić information content (AvgIpc) is 3.39. The number of nitrogens with two attached hydrogens (primary N) is 1. The van der Waals surface area contributed by atoms with E-state index in [-0.39, 0.29) is 5.91 Å². The van der Waals surface area contributed by atoms with Gasteiger partial charge in [0, 0.05) is 57.0 Å². The molecule has 11 heteroatoms. The summed E-state index contributed by atoms with van der Waals surface area (Å²) in [5.74, 6) is 0.826. The van der Waals surface area contributed by atoms with E-state index in [0.717, 1.165) is 89.5 Å². The number of para-hydroxylation sites is 2. The van der Waals surface area contributed by atoms with Crippen molar-refractivity contribution < 1.29 is 9.59 Å². The Balaban J connectivity index is 0.000000171. The van der Waals surface area contributed by atoms with Crippen molar-refractivity contribution in [2.24, 2.45) is 0 Å². The van der Waals surface area contributed by atoms with E-state index in [9.17, 15) is 9.59 Å². The van der Waals surface area contributed by atoms with Gasteiger partial charge in [0.05, 0.1) is 11.0 Å². The Morgan fingerprint density at radius 1 is 0.464 bits per heavy atom. The number of halogens is 1. The predicted octanol–water partition coefficient (Wildman–Crippen LogP) is 14.1. The van der Waals surface area contributed by atoms with E-state index in [1.807, 2.05) is 152 Å². The molecule has 0 unspecified atom stereocenters. The molecule has 0 saturated heterocycles. The molecular formula is C58H45ClN8O2. The van der Waals surface area contributed by atoms with Gasteiger partial charge < -0.3 is 21.7 Å². The fourth-order valence-electron chi connectivity index (χ4n) is 7.41. The highest BCUT2D eigenvalue weighted by Crippen LogP contribution is 2.36. The number of nitrogens with one attached hydrogen (secondary N) is 3. The third-order valence-corrected chi connectivity index (χ3v) is 10.8. The van der Waals surface area contributed by atoms with Crippen LogP contribution in [0.25, 0.3) is 66.3 Å². The molecule has 2 heterocycles. The Morgan fingerprint density at radius 2 is 0.870 bits per heavy atom. The maximum atomic E-state index is 11.8. The first kappa shape index (κ1) is 46.3. The molecule has 0 bridgehead atoms. The molecule has 0 aliphatic heterocycles. The number of carbonyl (C=O) groups excluding carboxylic acids is 2. The molecule has 10 rings (SSSR count). The van der Waals surface area contributed by atoms with Crippen LogP contribution in [0.1, 0.15) is 0 Å². The van der Waals surface area contributed by atoms with Gasteiger partial charge in [0.1, 0.15) is 0 Å². The summed E-state index contributed by atoms with van der Waals surface area (Å²) in [4.78, 5) is 40.1. The number of anilines is 6. The summed E-state index contributed by atoms with van der Waals surface area (Å²) >= 11 is 4.71. The zero-order chi connectivity index (χ0) is 48.0. The maximum absolute atomic E-state index is 11.8. The van der Waals surface area contributed by atoms with Crippen molar-refractivity contribution in [2.75, 3.05) is 21.7 Å². The highest BCUT2D eigenvalue weighted by Gasteiger charge is 2.14. The Labute approximate surface area is 405 Å². The monoisotopic (exact) mass is 920 g/mol. The van der Waals surface area contributed by atoms with Gasteiger partial charge in [-0.2, -0.15) is 0 Å². The molecule has 0 fully saturated rings. The fourth-order valence-corrected chi connectivity index (χ4v) is 7.41. The van der Waals surface area contributed by atoms with E-state index in [0.29, 0.717) is 17.6 Å². The summed E-state index contributed by atoms with van der Waals surface area (Å²) in [6.07, 6.45) is 6.01. The number of fused-ring (bicyclic) bond motifs is 2. The number of allylic oxidation sites excluding steroid dienone is 1. The lowest BCUT2D eigenvalue weighted by Gasteiger charge is -2.13. The number of aromatic nitrogens is 4. The van der Waals surface area contributed by atoms with Gasteiger partial charge in [-0.1, -0.05) is 134 Å². The second-order valence-electron chi connectivity index (χ2n) is 15.4. The van der Waals surface area contributed by atoms with E-state index in [1.54, 1.807) is 0 Å². The van der Waals surface area contributed by atoms with Gasteiger partial charge in [-0.25, -0.2) is 19.9 Å². The predicted molar refractivity (Wildman–Crippen MR) is 285 cm³/mol. The minimum atomic E-state index is -0.509. The highest BCUT2D eigenvalue weighted by atomic mass is 35.5. The fraction of sp³-hybridized carbons (Fsp3) is 0. The minimum absolute atomic E-state index is 0.253. The summed E-state index contributed by atoms with van der Waals surface area (Å²) in [7, 11) is 0. The van der Waals surface area contributed by atoms with Crippen molar-refractivity contribution in [1.29, 1.82) is 0 Å². The molecule has 0 spiro atoms. The van der Waals surface area contributed by atoms with Gasteiger partial charge in [0.15, 0.2) is 0 Å². The third kappa shape index (κ3) is 12.2. The van der Waals surface area contributed by atoms with E-state index in [4.69, 9.17) is 27.3 Å². The molecule has 1 amide bonds. The van der Waals surface area contributed by atoms with Gasteiger partial charge >= 0.3 is 0 Å². The van der Waals surface area contributed by atoms with Crippen LogP contribution in [0, 0.1) is 0 Å². The van der Waals surface area contributed by atoms with Crippen LogP contribution >= 0.6 is 11.6 Å². The maximum Gasteiger partial charge on any atom is 0.247 e. The second kappa shape index (κ2) is 22.3. The largest absolute Gasteiger partial charge is 0.399 e. The lowest BCUT2D eigenvalue weighted by Crippen LogP contribution is -2.07. The number of nitrogens with zero attached hydrogens (tertiary/aromatic N) is 4. The van der Waals surface area contributed by atoms with E-state index in [2.05, 4.69) is 93.7 Å². The first-order valence-electron chi connectivity index (χ1n) is 21.8. The number of hydrogen-bond acceptors (Lipinski definition) is 9. The van der Waals surface area contributed by atoms with Crippen LogP contribution in [0.2, 0.25) is 0 Å². The van der Waals surface area contributed by atoms with Crippen molar-refractivity contribution in [1.82, 2.24) is 19.9 Å². The van der Waals surface area contributed by atoms with Crippen molar-refractivity contribution >= 4 is 79.2 Å². The van der Waals surface area contributed by atoms with Crippen LogP contribution in [0.15, 0.2) is 232 Å². The van der Waals surface area contributed by atoms with E-state index < -0.39 is 5.24 Å². The number of rotatable bonds is 11. The van der Waals surface area contributed by atoms with Gasteiger partial charge in [0.25, 0.3) is 0 Å². The summed E-state index contributed by atoms with van der Waals surface area (Å²) in [5.41, 5.74) is 19.4. The third-order valence-electron chi connectivity index (χ3n) is 10.6. The molecule has 0 atom stereocenters. The summed E-state index contributed by atoms with van der Waals surface area (Å²) in [6.45, 7) is 6.61. The smallest absolute Gasteiger partial charge is 0.247 e. The number of nitrogen functional groups attached to an aromatic ring is 1. The Bertz CT molecular complexity index is 3410. The van der Waals surface area contributed by atoms with Gasteiger partial charge in [-0.05, 0) is 130 Å². The zero-order valence-electron chi connectivity index (χ0n) is 37.3. The summed E-state index contributed by atoms with van der Waals surface area (Å²) in [5, 5.41) is 10.8. The van der Waals surface area contributed by atoms with Gasteiger partial charge in [-0.3, -0.25) is 9.59 Å². The standard InChI is InChI=1S/C29H22N4O.C26H20N4.C3H3ClO/c1-2-27(34)31-25-15-9-12-21(17-25)26-18-22(20-10-5-3-6-11-20)16-23-19-30-29(33-28(23)26)32-24-13-7-4-8-14-24;27-22-11-7-10-19(15-22)24-16-20(18-8-3-1-4-9-18)14-21-17-28-26(30-25(21)24)29-23-12-5-2-6-13-23;1-2-3(4)5/h2-19H,1H2,(H,31,34)(H,30,32,33);1-17H,27H2,(H,28,29,30);2H,1H2. The second-order valence-corrected chi connectivity index (χ2v) is 15.8. The Kier molecular flexibility index (Phi) is 15.0. The Morgan fingerprint density at radius 3 is 1.30 bits per heavy atom. The molecule has 0 radical (unpaired) electrons.